The molecule has 5 heteroatoms. The second-order valence-electron chi connectivity index (χ2n) is 3.80. The molecule has 0 aromatic rings. The average molecular weight is 241 g/mol. The molecule has 1 aliphatic rings. The summed E-state index contributed by atoms with van der Waals surface area (Å²) < 4.78 is 9.45. The lowest BCUT2D eigenvalue weighted by atomic mass is 10.3. The predicted octanol–water partition coefficient (Wildman–Crippen LogP) is 1.09. The second kappa shape index (κ2) is 6.93. The molecular formula is C12H19NO4. The normalized spacial score (nSPS) is 17.3. The molecule has 1 rings (SSSR count). The second-order valence-corrected chi connectivity index (χ2v) is 3.80. The quantitative estimate of drug-likeness (QED) is 0.533. The third-order valence-electron chi connectivity index (χ3n) is 2.65. The van der Waals surface area contributed by atoms with Gasteiger partial charge in [-0.05, 0) is 19.8 Å². The van der Waals surface area contributed by atoms with Crippen LogP contribution >= 0.6 is 0 Å². The molecule has 0 aromatic carbocycles. The molecule has 0 radical (unpaired) electrons. The lowest BCUT2D eigenvalue weighted by Crippen LogP contribution is -2.22. The highest BCUT2D eigenvalue weighted by atomic mass is 16.5. The molecule has 0 bridgehead atoms. The van der Waals surface area contributed by atoms with Crippen molar-refractivity contribution in [3.8, 4) is 0 Å². The van der Waals surface area contributed by atoms with E-state index in [4.69, 9.17) is 4.74 Å². The number of ether oxygens (including phenoxy) is 2. The van der Waals surface area contributed by atoms with Crippen LogP contribution in [0.1, 0.15) is 26.2 Å². The fourth-order valence-electron chi connectivity index (χ4n) is 1.82. The first-order chi connectivity index (χ1) is 8.17. The summed E-state index contributed by atoms with van der Waals surface area (Å²) in [6, 6.07) is 0. The lowest BCUT2D eigenvalue weighted by Gasteiger charge is -2.18. The van der Waals surface area contributed by atoms with Crippen LogP contribution in [0.4, 0.5) is 0 Å². The van der Waals surface area contributed by atoms with E-state index in [2.05, 4.69) is 4.74 Å². The van der Waals surface area contributed by atoms with E-state index >= 15 is 0 Å². The Morgan fingerprint density at radius 1 is 1.47 bits per heavy atom. The first-order valence-electron chi connectivity index (χ1n) is 5.86. The third kappa shape index (κ3) is 4.46. The van der Waals surface area contributed by atoms with E-state index in [1.807, 2.05) is 4.90 Å². The number of hydrogen-bond acceptors (Lipinski definition) is 5. The van der Waals surface area contributed by atoms with Gasteiger partial charge < -0.3 is 14.4 Å². The van der Waals surface area contributed by atoms with Gasteiger partial charge in [-0.3, -0.25) is 4.79 Å². The van der Waals surface area contributed by atoms with Gasteiger partial charge in [-0.25, -0.2) is 4.79 Å². The van der Waals surface area contributed by atoms with E-state index in [9.17, 15) is 9.59 Å². The molecule has 96 valence electrons. The molecular weight excluding hydrogens is 222 g/mol. The lowest BCUT2D eigenvalue weighted by molar-refractivity contribution is -0.140. The van der Waals surface area contributed by atoms with Gasteiger partial charge in [0, 0.05) is 24.9 Å². The monoisotopic (exact) mass is 241 g/mol. The summed E-state index contributed by atoms with van der Waals surface area (Å²) in [6.45, 7) is 3.63. The smallest absolute Gasteiger partial charge is 0.332 e. The van der Waals surface area contributed by atoms with E-state index in [-0.39, 0.29) is 11.9 Å². The summed E-state index contributed by atoms with van der Waals surface area (Å²) in [6.07, 6.45) is 3.73. The molecule has 17 heavy (non-hydrogen) atoms. The minimum Gasteiger partial charge on any atom is -0.469 e. The van der Waals surface area contributed by atoms with Gasteiger partial charge in [0.1, 0.15) is 0 Å². The van der Waals surface area contributed by atoms with Crippen molar-refractivity contribution in [3.05, 3.63) is 11.8 Å². The summed E-state index contributed by atoms with van der Waals surface area (Å²) in [4.78, 5) is 24.4. The number of hydrogen-bond donors (Lipinski definition) is 0. The SMILES string of the molecule is CCOC(=O)/C=C1\CCCN1CCC(=O)OC. The van der Waals surface area contributed by atoms with Crippen LogP contribution in [0.25, 0.3) is 0 Å². The van der Waals surface area contributed by atoms with Crippen LogP contribution in [-0.4, -0.2) is 43.6 Å². The molecule has 1 heterocycles. The van der Waals surface area contributed by atoms with E-state index in [1.54, 1.807) is 6.92 Å². The number of likely N-dealkylation sites (tertiary alicyclic amines) is 1. The van der Waals surface area contributed by atoms with E-state index in [0.29, 0.717) is 19.6 Å². The molecule has 0 amide bonds. The van der Waals surface area contributed by atoms with Crippen LogP contribution in [0.2, 0.25) is 0 Å². The zero-order valence-corrected chi connectivity index (χ0v) is 10.4. The summed E-state index contributed by atoms with van der Waals surface area (Å²) in [7, 11) is 1.38. The van der Waals surface area contributed by atoms with Gasteiger partial charge in [0.2, 0.25) is 0 Å². The van der Waals surface area contributed by atoms with Crippen molar-refractivity contribution in [1.29, 1.82) is 0 Å². The zero-order valence-electron chi connectivity index (χ0n) is 10.4. The van der Waals surface area contributed by atoms with Crippen LogP contribution in [-0.2, 0) is 19.1 Å². The number of nitrogens with zero attached hydrogens (tertiary/aromatic N) is 1. The number of carbonyl (C=O) groups excluding carboxylic acids is 2. The molecule has 0 N–H and O–H groups in total. The summed E-state index contributed by atoms with van der Waals surface area (Å²) >= 11 is 0. The Labute approximate surface area is 101 Å². The molecule has 0 aliphatic carbocycles. The minimum absolute atomic E-state index is 0.229. The third-order valence-corrected chi connectivity index (χ3v) is 2.65. The molecule has 0 saturated carbocycles. The van der Waals surface area contributed by atoms with Gasteiger partial charge in [0.25, 0.3) is 0 Å². The van der Waals surface area contributed by atoms with Crippen LogP contribution in [0.3, 0.4) is 0 Å². The van der Waals surface area contributed by atoms with E-state index < -0.39 is 0 Å². The minimum atomic E-state index is -0.313. The summed E-state index contributed by atoms with van der Waals surface area (Å²) in [5, 5.41) is 0. The Morgan fingerprint density at radius 3 is 2.88 bits per heavy atom. The maximum absolute atomic E-state index is 11.3. The maximum Gasteiger partial charge on any atom is 0.332 e. The van der Waals surface area contributed by atoms with Gasteiger partial charge >= 0.3 is 11.9 Å². The van der Waals surface area contributed by atoms with Crippen molar-refractivity contribution >= 4 is 11.9 Å². The topological polar surface area (TPSA) is 55.8 Å². The average Bonchev–Trinajstić information content (AvgIpc) is 2.73. The Hall–Kier alpha value is -1.52. The standard InChI is InChI=1S/C12H19NO4/c1-3-17-12(15)9-10-5-4-7-13(10)8-6-11(14)16-2/h9H,3-8H2,1-2H3/b10-9+. The first kappa shape index (κ1) is 13.5. The van der Waals surface area contributed by atoms with E-state index in [1.165, 1.54) is 13.2 Å². The number of carbonyl (C=O) groups is 2. The Morgan fingerprint density at radius 2 is 2.24 bits per heavy atom. The molecule has 5 nitrogen and oxygen atoms in total. The van der Waals surface area contributed by atoms with Crippen molar-refractivity contribution < 1.29 is 19.1 Å². The highest BCUT2D eigenvalue weighted by Gasteiger charge is 2.19. The van der Waals surface area contributed by atoms with Gasteiger partial charge in [-0.1, -0.05) is 0 Å². The highest BCUT2D eigenvalue weighted by Crippen LogP contribution is 2.21. The Bertz CT molecular complexity index is 312. The van der Waals surface area contributed by atoms with Crippen LogP contribution < -0.4 is 0 Å². The van der Waals surface area contributed by atoms with Crippen molar-refractivity contribution in [2.24, 2.45) is 0 Å². The number of rotatable bonds is 5. The fourth-order valence-corrected chi connectivity index (χ4v) is 1.82. The molecule has 1 aliphatic heterocycles. The Balaban J connectivity index is 2.48. The van der Waals surface area contributed by atoms with Crippen LogP contribution in [0, 0.1) is 0 Å². The molecule has 1 fully saturated rings. The van der Waals surface area contributed by atoms with Crippen molar-refractivity contribution in [3.63, 3.8) is 0 Å². The molecule has 0 unspecified atom stereocenters. The van der Waals surface area contributed by atoms with Gasteiger partial charge in [0.05, 0.1) is 20.1 Å². The predicted molar refractivity (Wildman–Crippen MR) is 62.2 cm³/mol. The largest absolute Gasteiger partial charge is 0.469 e. The molecule has 0 spiro atoms. The number of methoxy groups -OCH3 is 1. The first-order valence-corrected chi connectivity index (χ1v) is 5.86. The Kier molecular flexibility index (Phi) is 5.52. The molecule has 0 atom stereocenters. The summed E-state index contributed by atoms with van der Waals surface area (Å²) in [5.74, 6) is -0.542. The van der Waals surface area contributed by atoms with E-state index in [0.717, 1.165) is 25.1 Å². The van der Waals surface area contributed by atoms with Gasteiger partial charge in [-0.15, -0.1) is 0 Å². The van der Waals surface area contributed by atoms with Crippen LogP contribution in [0.5, 0.6) is 0 Å². The van der Waals surface area contributed by atoms with Gasteiger partial charge in [-0.2, -0.15) is 0 Å². The number of allylic oxidation sites excluding steroid dienone is 1. The van der Waals surface area contributed by atoms with Crippen molar-refractivity contribution in [2.75, 3.05) is 26.8 Å². The fraction of sp³-hybridized carbons (Fsp3) is 0.667. The van der Waals surface area contributed by atoms with Crippen LogP contribution in [0.15, 0.2) is 11.8 Å². The van der Waals surface area contributed by atoms with Crippen molar-refractivity contribution in [2.45, 2.75) is 26.2 Å². The van der Waals surface area contributed by atoms with Gasteiger partial charge in [0.15, 0.2) is 0 Å². The zero-order chi connectivity index (χ0) is 12.7. The molecule has 0 aromatic heterocycles. The molecule has 1 saturated heterocycles. The number of esters is 2. The van der Waals surface area contributed by atoms with Crippen molar-refractivity contribution in [1.82, 2.24) is 4.90 Å². The summed E-state index contributed by atoms with van der Waals surface area (Å²) in [5.41, 5.74) is 0.951. The maximum atomic E-state index is 11.3. The highest BCUT2D eigenvalue weighted by molar-refractivity contribution is 5.82.